The Hall–Kier alpha value is -0.830. The maximum atomic E-state index is 11.2. The van der Waals surface area contributed by atoms with Crippen molar-refractivity contribution >= 4 is 5.97 Å². The minimum atomic E-state index is -0.511. The quantitative estimate of drug-likeness (QED) is 0.523. The third-order valence-corrected chi connectivity index (χ3v) is 1.65. The summed E-state index contributed by atoms with van der Waals surface area (Å²) in [6.45, 7) is 5.74. The zero-order chi connectivity index (χ0) is 10.3. The topological polar surface area (TPSA) is 46.5 Å². The molecule has 0 aromatic rings. The highest BCUT2D eigenvalue weighted by molar-refractivity contribution is 5.74. The summed E-state index contributed by atoms with van der Waals surface area (Å²) in [6.07, 6.45) is 3.49. The Morgan fingerprint density at radius 2 is 2.08 bits per heavy atom. The molecular formula is C10H18O3. The molecule has 13 heavy (non-hydrogen) atoms. The molecule has 76 valence electrons. The first-order chi connectivity index (χ1) is 6.11. The molecule has 0 radical (unpaired) electrons. The smallest absolute Gasteiger partial charge is 0.312 e. The van der Waals surface area contributed by atoms with Gasteiger partial charge in [-0.25, -0.2) is 0 Å². The first-order valence-electron chi connectivity index (χ1n) is 4.64. The second kappa shape index (κ2) is 6.66. The summed E-state index contributed by atoms with van der Waals surface area (Å²) in [5.74, 6) is -0.448. The van der Waals surface area contributed by atoms with Crippen molar-refractivity contribution < 1.29 is 14.6 Å². The van der Waals surface area contributed by atoms with Crippen LogP contribution in [0, 0.1) is 5.92 Å². The predicted octanol–water partition coefficient (Wildman–Crippen LogP) is 1.51. The molecule has 0 fully saturated rings. The predicted molar refractivity (Wildman–Crippen MR) is 51.2 cm³/mol. The van der Waals surface area contributed by atoms with Gasteiger partial charge in [0, 0.05) is 0 Å². The van der Waals surface area contributed by atoms with Gasteiger partial charge >= 0.3 is 5.97 Å². The Balaban J connectivity index is 4.09. The molecule has 0 heterocycles. The molecule has 0 aliphatic carbocycles. The highest BCUT2D eigenvalue weighted by Crippen LogP contribution is 2.07. The Bertz CT molecular complexity index is 173. The van der Waals surface area contributed by atoms with Gasteiger partial charge in [0.05, 0.1) is 18.6 Å². The van der Waals surface area contributed by atoms with Gasteiger partial charge in [0.1, 0.15) is 0 Å². The van der Waals surface area contributed by atoms with Crippen molar-refractivity contribution in [1.29, 1.82) is 0 Å². The second-order valence-corrected chi connectivity index (χ2v) is 2.89. The van der Waals surface area contributed by atoms with Gasteiger partial charge in [0.25, 0.3) is 0 Å². The third-order valence-electron chi connectivity index (χ3n) is 1.65. The van der Waals surface area contributed by atoms with E-state index in [4.69, 9.17) is 9.84 Å². The maximum Gasteiger partial charge on any atom is 0.312 e. The van der Waals surface area contributed by atoms with Crippen molar-refractivity contribution in [3.63, 3.8) is 0 Å². The van der Waals surface area contributed by atoms with Crippen molar-refractivity contribution in [3.8, 4) is 0 Å². The van der Waals surface area contributed by atoms with Gasteiger partial charge in [-0.1, -0.05) is 19.1 Å². The molecule has 0 aliphatic rings. The van der Waals surface area contributed by atoms with E-state index in [1.54, 1.807) is 26.0 Å². The average Bonchev–Trinajstić information content (AvgIpc) is 2.05. The number of carbonyl (C=O) groups is 1. The largest absolute Gasteiger partial charge is 0.466 e. The number of rotatable bonds is 5. The molecule has 3 heteroatoms. The fourth-order valence-corrected chi connectivity index (χ4v) is 0.926. The SMILES string of the molecule is CCOC(=O)[C@@H](/C=C/[C@@H](C)O)CC. The number of hydrogen-bond acceptors (Lipinski definition) is 3. The van der Waals surface area contributed by atoms with Gasteiger partial charge in [0.2, 0.25) is 0 Å². The van der Waals surface area contributed by atoms with Gasteiger partial charge in [0.15, 0.2) is 0 Å². The van der Waals surface area contributed by atoms with Gasteiger partial charge < -0.3 is 9.84 Å². The number of carbonyl (C=O) groups excluding carboxylic acids is 1. The zero-order valence-electron chi connectivity index (χ0n) is 8.49. The number of hydrogen-bond donors (Lipinski definition) is 1. The van der Waals surface area contributed by atoms with Crippen molar-refractivity contribution in [3.05, 3.63) is 12.2 Å². The van der Waals surface area contributed by atoms with Crippen molar-refractivity contribution in [2.45, 2.75) is 33.3 Å². The van der Waals surface area contributed by atoms with Crippen LogP contribution < -0.4 is 0 Å². The van der Waals surface area contributed by atoms with Crippen LogP contribution in [0.3, 0.4) is 0 Å². The van der Waals surface area contributed by atoms with Crippen LogP contribution >= 0.6 is 0 Å². The van der Waals surface area contributed by atoms with Crippen molar-refractivity contribution in [2.24, 2.45) is 5.92 Å². The highest BCUT2D eigenvalue weighted by Gasteiger charge is 2.13. The summed E-state index contributed by atoms with van der Waals surface area (Å²) in [5, 5.41) is 8.97. The standard InChI is InChI=1S/C10H18O3/c1-4-9(7-6-8(3)11)10(12)13-5-2/h6-9,11H,4-5H2,1-3H3/b7-6+/t8-,9-/m1/s1. The minimum Gasteiger partial charge on any atom is -0.466 e. The van der Waals surface area contributed by atoms with Gasteiger partial charge in [-0.3, -0.25) is 4.79 Å². The van der Waals surface area contributed by atoms with Crippen LogP contribution in [0.15, 0.2) is 12.2 Å². The van der Waals surface area contributed by atoms with Crippen LogP contribution in [0.25, 0.3) is 0 Å². The van der Waals surface area contributed by atoms with Gasteiger partial charge in [-0.05, 0) is 20.3 Å². The molecule has 0 saturated heterocycles. The average molecular weight is 186 g/mol. The first-order valence-corrected chi connectivity index (χ1v) is 4.64. The van der Waals surface area contributed by atoms with E-state index in [2.05, 4.69) is 0 Å². The van der Waals surface area contributed by atoms with E-state index in [1.165, 1.54) is 0 Å². The number of aliphatic hydroxyl groups is 1. The number of ether oxygens (including phenoxy) is 1. The molecule has 2 atom stereocenters. The van der Waals surface area contributed by atoms with Gasteiger partial charge in [-0.15, -0.1) is 0 Å². The second-order valence-electron chi connectivity index (χ2n) is 2.89. The summed E-state index contributed by atoms with van der Waals surface area (Å²) in [5.41, 5.74) is 0. The molecule has 0 bridgehead atoms. The molecule has 0 saturated carbocycles. The van der Waals surface area contributed by atoms with Crippen LogP contribution in [-0.2, 0) is 9.53 Å². The lowest BCUT2D eigenvalue weighted by Crippen LogP contribution is -2.15. The van der Waals surface area contributed by atoms with E-state index in [9.17, 15) is 4.79 Å². The lowest BCUT2D eigenvalue weighted by atomic mass is 10.1. The molecule has 0 amide bonds. The Kier molecular flexibility index (Phi) is 6.24. The molecule has 0 unspecified atom stereocenters. The molecule has 0 spiro atoms. The summed E-state index contributed by atoms with van der Waals surface area (Å²) in [7, 11) is 0. The summed E-state index contributed by atoms with van der Waals surface area (Å²) in [6, 6.07) is 0. The molecular weight excluding hydrogens is 168 g/mol. The lowest BCUT2D eigenvalue weighted by Gasteiger charge is -2.08. The Morgan fingerprint density at radius 3 is 2.46 bits per heavy atom. The van der Waals surface area contributed by atoms with Crippen molar-refractivity contribution in [1.82, 2.24) is 0 Å². The van der Waals surface area contributed by atoms with E-state index in [1.807, 2.05) is 6.92 Å². The molecule has 0 aromatic carbocycles. The van der Waals surface area contributed by atoms with Gasteiger partial charge in [-0.2, -0.15) is 0 Å². The zero-order valence-corrected chi connectivity index (χ0v) is 8.49. The highest BCUT2D eigenvalue weighted by atomic mass is 16.5. The van der Waals surface area contributed by atoms with E-state index in [0.29, 0.717) is 13.0 Å². The number of esters is 1. The van der Waals surface area contributed by atoms with E-state index >= 15 is 0 Å². The third kappa shape index (κ3) is 5.42. The molecule has 0 rings (SSSR count). The van der Waals surface area contributed by atoms with Crippen LogP contribution in [0.5, 0.6) is 0 Å². The summed E-state index contributed by atoms with van der Waals surface area (Å²) in [4.78, 5) is 11.2. The monoisotopic (exact) mass is 186 g/mol. The van der Waals surface area contributed by atoms with E-state index in [-0.39, 0.29) is 11.9 Å². The fraction of sp³-hybridized carbons (Fsp3) is 0.700. The maximum absolute atomic E-state index is 11.2. The Morgan fingerprint density at radius 1 is 1.46 bits per heavy atom. The molecule has 1 N–H and O–H groups in total. The van der Waals surface area contributed by atoms with E-state index < -0.39 is 6.10 Å². The van der Waals surface area contributed by atoms with Crippen LogP contribution in [0.2, 0.25) is 0 Å². The normalized spacial score (nSPS) is 15.7. The lowest BCUT2D eigenvalue weighted by molar-refractivity contribution is -0.146. The number of aliphatic hydroxyl groups excluding tert-OH is 1. The molecule has 0 aromatic heterocycles. The Labute approximate surface area is 79.4 Å². The van der Waals surface area contributed by atoms with Crippen LogP contribution in [-0.4, -0.2) is 23.8 Å². The first kappa shape index (κ1) is 12.2. The fourth-order valence-electron chi connectivity index (χ4n) is 0.926. The van der Waals surface area contributed by atoms with E-state index in [0.717, 1.165) is 0 Å². The molecule has 3 nitrogen and oxygen atoms in total. The summed E-state index contributed by atoms with van der Waals surface area (Å²) < 4.78 is 4.86. The minimum absolute atomic E-state index is 0.220. The van der Waals surface area contributed by atoms with Crippen molar-refractivity contribution in [2.75, 3.05) is 6.61 Å². The van der Waals surface area contributed by atoms with Crippen LogP contribution in [0.1, 0.15) is 27.2 Å². The molecule has 0 aliphatic heterocycles. The summed E-state index contributed by atoms with van der Waals surface area (Å²) >= 11 is 0. The van der Waals surface area contributed by atoms with Crippen LogP contribution in [0.4, 0.5) is 0 Å².